The fourth-order valence-corrected chi connectivity index (χ4v) is 3.88. The summed E-state index contributed by atoms with van der Waals surface area (Å²) in [5.41, 5.74) is 3.27. The van der Waals surface area contributed by atoms with Crippen LogP contribution in [0, 0.1) is 6.92 Å². The second-order valence-corrected chi connectivity index (χ2v) is 7.44. The van der Waals surface area contributed by atoms with Crippen molar-refractivity contribution < 1.29 is 4.52 Å². The first-order valence-corrected chi connectivity index (χ1v) is 9.98. The molecule has 5 rings (SSSR count). The number of aryl methyl sites for hydroxylation is 1. The topological polar surface area (TPSA) is 58.3 Å². The van der Waals surface area contributed by atoms with Crippen molar-refractivity contribution in [1.82, 2.24) is 20.0 Å². The Morgan fingerprint density at radius 1 is 0.897 bits per heavy atom. The molecule has 3 heterocycles. The quantitative estimate of drug-likeness (QED) is 0.531. The summed E-state index contributed by atoms with van der Waals surface area (Å²) in [6.07, 6.45) is 0. The van der Waals surface area contributed by atoms with Gasteiger partial charge in [0.25, 0.3) is 0 Å². The monoisotopic (exact) mass is 385 g/mol. The first-order chi connectivity index (χ1) is 14.3. The van der Waals surface area contributed by atoms with Gasteiger partial charge in [0.2, 0.25) is 11.7 Å². The highest BCUT2D eigenvalue weighted by atomic mass is 16.5. The molecule has 0 aliphatic carbocycles. The number of hydrogen-bond acceptors (Lipinski definition) is 6. The van der Waals surface area contributed by atoms with E-state index in [2.05, 4.69) is 68.5 Å². The number of piperazine rings is 1. The largest absolute Gasteiger partial charge is 0.353 e. The predicted octanol–water partition coefficient (Wildman–Crippen LogP) is 3.92. The molecule has 0 atom stereocenters. The summed E-state index contributed by atoms with van der Waals surface area (Å²) < 4.78 is 5.24. The molecule has 0 unspecified atom stereocenters. The second kappa shape index (κ2) is 7.64. The number of benzene rings is 2. The number of nitrogens with zero attached hydrogens (tertiary/aromatic N) is 5. The third kappa shape index (κ3) is 3.71. The molecule has 6 nitrogen and oxygen atoms in total. The normalized spacial score (nSPS) is 15.1. The molecule has 0 amide bonds. The van der Waals surface area contributed by atoms with Gasteiger partial charge in [0.1, 0.15) is 5.82 Å². The van der Waals surface area contributed by atoms with Gasteiger partial charge in [-0.1, -0.05) is 53.7 Å². The van der Waals surface area contributed by atoms with Crippen LogP contribution in [0.15, 0.2) is 65.2 Å². The van der Waals surface area contributed by atoms with Gasteiger partial charge in [0.15, 0.2) is 0 Å². The van der Waals surface area contributed by atoms with Crippen LogP contribution in [0.3, 0.4) is 0 Å². The van der Waals surface area contributed by atoms with Crippen molar-refractivity contribution in [3.8, 4) is 11.4 Å². The Morgan fingerprint density at radius 2 is 1.66 bits per heavy atom. The van der Waals surface area contributed by atoms with Crippen molar-refractivity contribution in [3.05, 3.63) is 72.1 Å². The molecule has 0 saturated carbocycles. The van der Waals surface area contributed by atoms with E-state index < -0.39 is 0 Å². The molecule has 1 saturated heterocycles. The number of rotatable bonds is 4. The van der Waals surface area contributed by atoms with Crippen molar-refractivity contribution in [2.24, 2.45) is 0 Å². The third-order valence-electron chi connectivity index (χ3n) is 5.39. The molecule has 0 spiro atoms. The molecule has 146 valence electrons. The van der Waals surface area contributed by atoms with Crippen LogP contribution in [0.5, 0.6) is 0 Å². The Labute approximate surface area is 169 Å². The smallest absolute Gasteiger partial charge is 0.223 e. The van der Waals surface area contributed by atoms with E-state index >= 15 is 0 Å². The lowest BCUT2D eigenvalue weighted by Gasteiger charge is -2.36. The molecular formula is C23H23N5O. The average Bonchev–Trinajstić information content (AvgIpc) is 3.20. The maximum atomic E-state index is 5.24. The minimum absolute atomic E-state index is 0.562. The Kier molecular flexibility index (Phi) is 4.69. The van der Waals surface area contributed by atoms with E-state index in [0.29, 0.717) is 11.7 Å². The van der Waals surface area contributed by atoms with Crippen molar-refractivity contribution in [1.29, 1.82) is 0 Å². The van der Waals surface area contributed by atoms with E-state index in [1.165, 1.54) is 5.56 Å². The van der Waals surface area contributed by atoms with Crippen LogP contribution in [-0.4, -0.2) is 46.2 Å². The standard InChI is InChI=1S/C23H23N5O/c1-17-24-22(26-29-17)20-15-19-9-5-6-10-21(19)25-23(20)28-13-11-27(12-14-28)16-18-7-3-2-4-8-18/h2-10,15H,11-14,16H2,1H3. The van der Waals surface area contributed by atoms with Gasteiger partial charge >= 0.3 is 0 Å². The molecule has 0 bridgehead atoms. The molecule has 1 aliphatic heterocycles. The summed E-state index contributed by atoms with van der Waals surface area (Å²) in [7, 11) is 0. The summed E-state index contributed by atoms with van der Waals surface area (Å²) in [4.78, 5) is 14.3. The minimum Gasteiger partial charge on any atom is -0.353 e. The summed E-state index contributed by atoms with van der Waals surface area (Å²) in [5.74, 6) is 2.10. The van der Waals surface area contributed by atoms with Crippen LogP contribution in [0.4, 0.5) is 5.82 Å². The van der Waals surface area contributed by atoms with Gasteiger partial charge in [0.05, 0.1) is 11.1 Å². The Bertz CT molecular complexity index is 1120. The molecule has 2 aromatic heterocycles. The average molecular weight is 385 g/mol. The molecule has 4 aromatic rings. The van der Waals surface area contributed by atoms with E-state index in [-0.39, 0.29) is 0 Å². The number of anilines is 1. The zero-order valence-corrected chi connectivity index (χ0v) is 16.5. The fraction of sp³-hybridized carbons (Fsp3) is 0.261. The van der Waals surface area contributed by atoms with Gasteiger partial charge in [-0.25, -0.2) is 4.98 Å². The van der Waals surface area contributed by atoms with Crippen LogP contribution >= 0.6 is 0 Å². The van der Waals surface area contributed by atoms with E-state index in [1.54, 1.807) is 0 Å². The van der Waals surface area contributed by atoms with Crippen LogP contribution in [0.1, 0.15) is 11.5 Å². The summed E-state index contributed by atoms with van der Waals surface area (Å²) in [6, 6.07) is 20.9. The van der Waals surface area contributed by atoms with Gasteiger partial charge < -0.3 is 9.42 Å². The molecule has 29 heavy (non-hydrogen) atoms. The number of aromatic nitrogens is 3. The second-order valence-electron chi connectivity index (χ2n) is 7.44. The highest BCUT2D eigenvalue weighted by Crippen LogP contribution is 2.31. The van der Waals surface area contributed by atoms with Crippen molar-refractivity contribution in [2.75, 3.05) is 31.1 Å². The van der Waals surface area contributed by atoms with E-state index in [0.717, 1.165) is 55.0 Å². The fourth-order valence-electron chi connectivity index (χ4n) is 3.88. The summed E-state index contributed by atoms with van der Waals surface area (Å²) in [5, 5.41) is 5.24. The van der Waals surface area contributed by atoms with Crippen LogP contribution < -0.4 is 4.90 Å². The highest BCUT2D eigenvalue weighted by Gasteiger charge is 2.23. The molecule has 1 aliphatic rings. The molecular weight excluding hydrogens is 362 g/mol. The van der Waals surface area contributed by atoms with Crippen LogP contribution in [-0.2, 0) is 6.54 Å². The highest BCUT2D eigenvalue weighted by molar-refractivity contribution is 5.88. The SMILES string of the molecule is Cc1nc(-c2cc3ccccc3nc2N2CCN(Cc3ccccc3)CC2)no1. The zero-order chi connectivity index (χ0) is 19.6. The zero-order valence-electron chi connectivity index (χ0n) is 16.5. The number of fused-ring (bicyclic) bond motifs is 1. The van der Waals surface area contributed by atoms with Gasteiger partial charge in [-0.2, -0.15) is 4.98 Å². The van der Waals surface area contributed by atoms with Crippen molar-refractivity contribution in [2.45, 2.75) is 13.5 Å². The van der Waals surface area contributed by atoms with Gasteiger partial charge in [0, 0.05) is 45.0 Å². The molecule has 0 radical (unpaired) electrons. The van der Waals surface area contributed by atoms with Crippen molar-refractivity contribution >= 4 is 16.7 Å². The number of hydrogen-bond donors (Lipinski definition) is 0. The first kappa shape index (κ1) is 17.8. The van der Waals surface area contributed by atoms with Crippen molar-refractivity contribution in [3.63, 3.8) is 0 Å². The van der Waals surface area contributed by atoms with Crippen LogP contribution in [0.2, 0.25) is 0 Å². The Hall–Kier alpha value is -3.25. The maximum absolute atomic E-state index is 5.24. The lowest BCUT2D eigenvalue weighted by molar-refractivity contribution is 0.249. The number of para-hydroxylation sites is 1. The van der Waals surface area contributed by atoms with E-state index in [9.17, 15) is 0 Å². The predicted molar refractivity (Wildman–Crippen MR) is 114 cm³/mol. The molecule has 2 aromatic carbocycles. The summed E-state index contributed by atoms with van der Waals surface area (Å²) in [6.45, 7) is 6.62. The van der Waals surface area contributed by atoms with Gasteiger partial charge in [-0.05, 0) is 17.7 Å². The summed E-state index contributed by atoms with van der Waals surface area (Å²) >= 11 is 0. The van der Waals surface area contributed by atoms with Gasteiger partial charge in [-0.3, -0.25) is 4.90 Å². The number of pyridine rings is 1. The first-order valence-electron chi connectivity index (χ1n) is 9.98. The third-order valence-corrected chi connectivity index (χ3v) is 5.39. The lowest BCUT2D eigenvalue weighted by atomic mass is 10.1. The van der Waals surface area contributed by atoms with E-state index in [4.69, 9.17) is 9.51 Å². The molecule has 1 fully saturated rings. The molecule has 0 N–H and O–H groups in total. The van der Waals surface area contributed by atoms with Crippen LogP contribution in [0.25, 0.3) is 22.3 Å². The maximum Gasteiger partial charge on any atom is 0.223 e. The Balaban J connectivity index is 1.42. The van der Waals surface area contributed by atoms with Gasteiger partial charge in [-0.15, -0.1) is 0 Å². The lowest BCUT2D eigenvalue weighted by Crippen LogP contribution is -2.46. The minimum atomic E-state index is 0.562. The Morgan fingerprint density at radius 3 is 2.41 bits per heavy atom. The molecule has 6 heteroatoms. The van der Waals surface area contributed by atoms with E-state index in [1.807, 2.05) is 19.1 Å².